The van der Waals surface area contributed by atoms with E-state index in [-0.39, 0.29) is 5.78 Å². The maximum absolute atomic E-state index is 11.7. The Hall–Kier alpha value is -1.38. The predicted octanol–water partition coefficient (Wildman–Crippen LogP) is 2.74. The molecule has 0 radical (unpaired) electrons. The van der Waals surface area contributed by atoms with Gasteiger partial charge in [0, 0.05) is 25.9 Å². The van der Waals surface area contributed by atoms with Crippen LogP contribution in [0.3, 0.4) is 0 Å². The van der Waals surface area contributed by atoms with E-state index in [4.69, 9.17) is 0 Å². The molecule has 1 aromatic heterocycles. The summed E-state index contributed by atoms with van der Waals surface area (Å²) in [4.78, 5) is 15.7. The van der Waals surface area contributed by atoms with E-state index in [1.807, 2.05) is 13.1 Å². The second kappa shape index (κ2) is 6.17. The summed E-state index contributed by atoms with van der Waals surface area (Å²) in [6.45, 7) is 3.67. The van der Waals surface area contributed by atoms with E-state index in [1.54, 1.807) is 17.0 Å². The van der Waals surface area contributed by atoms with Gasteiger partial charge in [0.2, 0.25) is 0 Å². The topological polar surface area (TPSA) is 34.9 Å². The molecule has 0 fully saturated rings. The first kappa shape index (κ1) is 11.7. The highest BCUT2D eigenvalue weighted by molar-refractivity contribution is 5.92. The van der Waals surface area contributed by atoms with Crippen molar-refractivity contribution >= 4 is 5.78 Å². The zero-order valence-corrected chi connectivity index (χ0v) is 9.28. The first-order chi connectivity index (χ1) is 7.25. The van der Waals surface area contributed by atoms with Crippen LogP contribution < -0.4 is 0 Å². The molecular weight excluding hydrogens is 188 g/mol. The lowest BCUT2D eigenvalue weighted by Gasteiger charge is -2.00. The molecule has 1 rings (SSSR count). The van der Waals surface area contributed by atoms with Gasteiger partial charge < -0.3 is 4.57 Å². The number of aryl methyl sites for hydroxylation is 1. The molecule has 0 atom stereocenters. The summed E-state index contributed by atoms with van der Waals surface area (Å²) in [6, 6.07) is 0. The van der Waals surface area contributed by atoms with E-state index in [0.717, 1.165) is 25.7 Å². The molecule has 0 aliphatic rings. The third-order valence-corrected chi connectivity index (χ3v) is 2.38. The van der Waals surface area contributed by atoms with Crippen molar-refractivity contribution in [1.29, 1.82) is 0 Å². The Bertz CT molecular complexity index is 328. The van der Waals surface area contributed by atoms with Crippen LogP contribution in [0.15, 0.2) is 25.0 Å². The van der Waals surface area contributed by atoms with E-state index >= 15 is 0 Å². The van der Waals surface area contributed by atoms with E-state index in [1.165, 1.54) is 0 Å². The lowest BCUT2D eigenvalue weighted by atomic mass is 10.1. The summed E-state index contributed by atoms with van der Waals surface area (Å²) >= 11 is 0. The molecule has 82 valence electrons. The number of hydrogen-bond acceptors (Lipinski definition) is 2. The maximum atomic E-state index is 11.7. The van der Waals surface area contributed by atoms with Gasteiger partial charge in [0.1, 0.15) is 0 Å². The number of ketones is 1. The average molecular weight is 206 g/mol. The fourth-order valence-corrected chi connectivity index (χ4v) is 1.50. The van der Waals surface area contributed by atoms with Crippen LogP contribution in [0.5, 0.6) is 0 Å². The zero-order chi connectivity index (χ0) is 11.1. The molecular formula is C12H18N2O. The number of nitrogens with zero attached hydrogens (tertiary/aromatic N) is 2. The average Bonchev–Trinajstić information content (AvgIpc) is 2.64. The Kier molecular flexibility index (Phi) is 4.81. The fraction of sp³-hybridized carbons (Fsp3) is 0.500. The lowest BCUT2D eigenvalue weighted by Crippen LogP contribution is -2.06. The number of aromatic nitrogens is 2. The van der Waals surface area contributed by atoms with Crippen LogP contribution in [0.25, 0.3) is 0 Å². The van der Waals surface area contributed by atoms with E-state index in [0.29, 0.717) is 12.2 Å². The second-order valence-corrected chi connectivity index (χ2v) is 3.67. The number of carbonyl (C=O) groups is 1. The Morgan fingerprint density at radius 3 is 2.93 bits per heavy atom. The highest BCUT2D eigenvalue weighted by atomic mass is 16.1. The molecule has 0 saturated heterocycles. The quantitative estimate of drug-likeness (QED) is 0.390. The van der Waals surface area contributed by atoms with Crippen molar-refractivity contribution in [3.8, 4) is 0 Å². The van der Waals surface area contributed by atoms with Crippen LogP contribution in [0, 0.1) is 0 Å². The molecule has 0 saturated carbocycles. The highest BCUT2D eigenvalue weighted by Gasteiger charge is 2.09. The molecule has 3 nitrogen and oxygen atoms in total. The highest BCUT2D eigenvalue weighted by Crippen LogP contribution is 2.07. The molecule has 0 bridgehead atoms. The van der Waals surface area contributed by atoms with Crippen LogP contribution in [0.1, 0.15) is 42.7 Å². The smallest absolute Gasteiger partial charge is 0.198 e. The summed E-state index contributed by atoms with van der Waals surface area (Å²) in [5.74, 6) is 0.708. The minimum absolute atomic E-state index is 0.140. The van der Waals surface area contributed by atoms with Crippen molar-refractivity contribution in [3.63, 3.8) is 0 Å². The van der Waals surface area contributed by atoms with Crippen LogP contribution >= 0.6 is 0 Å². The van der Waals surface area contributed by atoms with Gasteiger partial charge >= 0.3 is 0 Å². The number of rotatable bonds is 7. The van der Waals surface area contributed by atoms with Gasteiger partial charge in [-0.1, -0.05) is 12.5 Å². The first-order valence-electron chi connectivity index (χ1n) is 5.37. The van der Waals surface area contributed by atoms with Gasteiger partial charge in [-0.15, -0.1) is 6.58 Å². The number of Topliss-reactive ketones (excluding diaryl/α,β-unsaturated/α-hetero) is 1. The van der Waals surface area contributed by atoms with E-state index < -0.39 is 0 Å². The fourth-order valence-electron chi connectivity index (χ4n) is 1.50. The molecule has 0 spiro atoms. The van der Waals surface area contributed by atoms with Crippen molar-refractivity contribution in [3.05, 3.63) is 30.9 Å². The lowest BCUT2D eigenvalue weighted by molar-refractivity contribution is 0.0966. The van der Waals surface area contributed by atoms with Gasteiger partial charge in [0.15, 0.2) is 11.6 Å². The van der Waals surface area contributed by atoms with Crippen LogP contribution in [0.4, 0.5) is 0 Å². The Labute approximate surface area is 90.8 Å². The third kappa shape index (κ3) is 3.70. The predicted molar refractivity (Wildman–Crippen MR) is 60.8 cm³/mol. The van der Waals surface area contributed by atoms with Crippen LogP contribution in [-0.4, -0.2) is 15.3 Å². The first-order valence-corrected chi connectivity index (χ1v) is 5.37. The van der Waals surface area contributed by atoms with Crippen molar-refractivity contribution in [2.75, 3.05) is 0 Å². The summed E-state index contributed by atoms with van der Waals surface area (Å²) in [6.07, 6.45) is 10.2. The van der Waals surface area contributed by atoms with Gasteiger partial charge in [-0.25, -0.2) is 4.98 Å². The van der Waals surface area contributed by atoms with Crippen molar-refractivity contribution in [2.45, 2.75) is 32.1 Å². The number of imidazole rings is 1. The van der Waals surface area contributed by atoms with Gasteiger partial charge in [-0.2, -0.15) is 0 Å². The monoisotopic (exact) mass is 206 g/mol. The SMILES string of the molecule is C=CCCCCCC(=O)c1nccn1C. The summed E-state index contributed by atoms with van der Waals surface area (Å²) in [5, 5.41) is 0. The molecule has 15 heavy (non-hydrogen) atoms. The van der Waals surface area contributed by atoms with Gasteiger partial charge in [-0.05, 0) is 19.3 Å². The largest absolute Gasteiger partial charge is 0.332 e. The Balaban J connectivity index is 2.25. The van der Waals surface area contributed by atoms with Crippen molar-refractivity contribution < 1.29 is 4.79 Å². The van der Waals surface area contributed by atoms with E-state index in [9.17, 15) is 4.79 Å². The summed E-state index contributed by atoms with van der Waals surface area (Å²) in [7, 11) is 1.85. The minimum Gasteiger partial charge on any atom is -0.332 e. The number of carbonyl (C=O) groups excluding carboxylic acids is 1. The van der Waals surface area contributed by atoms with Gasteiger partial charge in [0.25, 0.3) is 0 Å². The van der Waals surface area contributed by atoms with Crippen LogP contribution in [0.2, 0.25) is 0 Å². The van der Waals surface area contributed by atoms with Gasteiger partial charge in [0.05, 0.1) is 0 Å². The molecule has 0 aliphatic carbocycles. The molecule has 3 heteroatoms. The summed E-state index contributed by atoms with van der Waals surface area (Å²) < 4.78 is 1.77. The Morgan fingerprint density at radius 1 is 1.53 bits per heavy atom. The minimum atomic E-state index is 0.140. The number of unbranched alkanes of at least 4 members (excludes halogenated alkanes) is 3. The molecule has 1 heterocycles. The number of hydrogen-bond donors (Lipinski definition) is 0. The maximum Gasteiger partial charge on any atom is 0.198 e. The standard InChI is InChI=1S/C12H18N2O/c1-3-4-5-6-7-8-11(15)12-13-9-10-14(12)2/h3,9-10H,1,4-8H2,2H3. The van der Waals surface area contributed by atoms with Crippen molar-refractivity contribution in [2.24, 2.45) is 7.05 Å². The molecule has 1 aromatic rings. The summed E-state index contributed by atoms with van der Waals surface area (Å²) in [5.41, 5.74) is 0. The Morgan fingerprint density at radius 2 is 2.33 bits per heavy atom. The van der Waals surface area contributed by atoms with Gasteiger partial charge in [-0.3, -0.25) is 4.79 Å². The molecule has 0 unspecified atom stereocenters. The zero-order valence-electron chi connectivity index (χ0n) is 9.28. The molecule has 0 amide bonds. The van der Waals surface area contributed by atoms with Crippen LogP contribution in [-0.2, 0) is 7.05 Å². The molecule has 0 aromatic carbocycles. The third-order valence-electron chi connectivity index (χ3n) is 2.38. The van der Waals surface area contributed by atoms with Crippen molar-refractivity contribution in [1.82, 2.24) is 9.55 Å². The number of allylic oxidation sites excluding steroid dienone is 1. The second-order valence-electron chi connectivity index (χ2n) is 3.67. The molecule has 0 N–H and O–H groups in total. The van der Waals surface area contributed by atoms with E-state index in [2.05, 4.69) is 11.6 Å². The normalized spacial score (nSPS) is 10.2. The molecule has 0 aliphatic heterocycles.